The monoisotopic (exact) mass is 273 g/mol. The number of thioether (sulfide) groups is 1. The largest absolute Gasteiger partial charge is 0.316 e. The third kappa shape index (κ3) is 3.64. The molecule has 1 rings (SSSR count). The van der Waals surface area contributed by atoms with Crippen molar-refractivity contribution in [3.8, 4) is 0 Å². The van der Waals surface area contributed by atoms with Gasteiger partial charge >= 0.3 is 0 Å². The molecule has 1 nitrogen and oxygen atoms in total. The van der Waals surface area contributed by atoms with Gasteiger partial charge in [-0.2, -0.15) is 0 Å². The topological polar surface area (TPSA) is 12.0 Å². The van der Waals surface area contributed by atoms with E-state index < -0.39 is 0 Å². The van der Waals surface area contributed by atoms with Crippen molar-refractivity contribution in [2.24, 2.45) is 0 Å². The molecule has 0 atom stereocenters. The first-order valence-corrected chi connectivity index (χ1v) is 6.40. The Morgan fingerprint density at radius 3 is 2.71 bits per heavy atom. The van der Waals surface area contributed by atoms with Gasteiger partial charge in [-0.1, -0.05) is 35.8 Å². The van der Waals surface area contributed by atoms with Gasteiger partial charge in [0.25, 0.3) is 0 Å². The van der Waals surface area contributed by atoms with Gasteiger partial charge < -0.3 is 5.32 Å². The van der Waals surface area contributed by atoms with Gasteiger partial charge in [0.1, 0.15) is 0 Å². The standard InChI is InChI=1S/C11H16BrNS/c1-8(2)14-11-6-10(12)5-4-9(11)7-13-3/h4-6,8,13H,7H2,1-3H3. The van der Waals surface area contributed by atoms with E-state index in [0.29, 0.717) is 5.25 Å². The van der Waals surface area contributed by atoms with Gasteiger partial charge in [-0.3, -0.25) is 0 Å². The van der Waals surface area contributed by atoms with Gasteiger partial charge in [-0.15, -0.1) is 11.8 Å². The fourth-order valence-electron chi connectivity index (χ4n) is 1.23. The molecule has 0 aromatic heterocycles. The highest BCUT2D eigenvalue weighted by Crippen LogP contribution is 2.29. The second kappa shape index (κ2) is 5.79. The Bertz CT molecular complexity index is 299. The zero-order valence-corrected chi connectivity index (χ0v) is 11.2. The molecule has 14 heavy (non-hydrogen) atoms. The quantitative estimate of drug-likeness (QED) is 0.841. The van der Waals surface area contributed by atoms with Crippen molar-refractivity contribution >= 4 is 27.7 Å². The molecule has 1 aromatic rings. The van der Waals surface area contributed by atoms with Crippen LogP contribution in [0.3, 0.4) is 0 Å². The molecule has 0 saturated heterocycles. The number of benzene rings is 1. The molecule has 1 aromatic carbocycles. The fourth-order valence-corrected chi connectivity index (χ4v) is 2.74. The lowest BCUT2D eigenvalue weighted by atomic mass is 10.2. The van der Waals surface area contributed by atoms with Crippen LogP contribution in [-0.4, -0.2) is 12.3 Å². The van der Waals surface area contributed by atoms with E-state index in [4.69, 9.17) is 0 Å². The lowest BCUT2D eigenvalue weighted by Crippen LogP contribution is -2.06. The summed E-state index contributed by atoms with van der Waals surface area (Å²) in [4.78, 5) is 1.36. The fraction of sp³-hybridized carbons (Fsp3) is 0.455. The minimum absolute atomic E-state index is 0.625. The molecule has 0 amide bonds. The predicted molar refractivity (Wildman–Crippen MR) is 67.9 cm³/mol. The van der Waals surface area contributed by atoms with Gasteiger partial charge in [-0.25, -0.2) is 0 Å². The van der Waals surface area contributed by atoms with E-state index in [-0.39, 0.29) is 0 Å². The molecule has 0 heterocycles. The normalized spacial score (nSPS) is 10.9. The van der Waals surface area contributed by atoms with Crippen LogP contribution in [-0.2, 0) is 6.54 Å². The Morgan fingerprint density at radius 1 is 1.43 bits per heavy atom. The van der Waals surface area contributed by atoms with Crippen molar-refractivity contribution in [3.63, 3.8) is 0 Å². The Kier molecular flexibility index (Phi) is 4.99. The van der Waals surface area contributed by atoms with Crippen molar-refractivity contribution in [1.82, 2.24) is 5.32 Å². The van der Waals surface area contributed by atoms with Crippen LogP contribution in [0.5, 0.6) is 0 Å². The third-order valence-electron chi connectivity index (χ3n) is 1.76. The summed E-state index contributed by atoms with van der Waals surface area (Å²) in [6, 6.07) is 6.46. The highest BCUT2D eigenvalue weighted by Gasteiger charge is 2.05. The summed E-state index contributed by atoms with van der Waals surface area (Å²) in [5.74, 6) is 0. The number of hydrogen-bond donors (Lipinski definition) is 1. The van der Waals surface area contributed by atoms with Crippen molar-refractivity contribution in [3.05, 3.63) is 28.2 Å². The van der Waals surface area contributed by atoms with Crippen LogP contribution >= 0.6 is 27.7 Å². The molecule has 0 unspecified atom stereocenters. The Hall–Kier alpha value is 0.01000. The summed E-state index contributed by atoms with van der Waals surface area (Å²) in [5, 5.41) is 3.81. The van der Waals surface area contributed by atoms with E-state index in [1.54, 1.807) is 0 Å². The summed E-state index contributed by atoms with van der Waals surface area (Å²) >= 11 is 5.41. The van der Waals surface area contributed by atoms with Gasteiger partial charge in [0, 0.05) is 21.2 Å². The molecule has 78 valence electrons. The number of nitrogens with one attached hydrogen (secondary N) is 1. The number of halogens is 1. The summed E-state index contributed by atoms with van der Waals surface area (Å²) < 4.78 is 1.15. The highest BCUT2D eigenvalue weighted by molar-refractivity contribution is 9.10. The maximum atomic E-state index is 3.50. The second-order valence-corrected chi connectivity index (χ2v) is 5.98. The Balaban J connectivity index is 2.90. The minimum atomic E-state index is 0.625. The van der Waals surface area contributed by atoms with Crippen molar-refractivity contribution in [1.29, 1.82) is 0 Å². The molecule has 0 aliphatic heterocycles. The van der Waals surface area contributed by atoms with Crippen LogP contribution in [0.15, 0.2) is 27.6 Å². The van der Waals surface area contributed by atoms with E-state index in [1.807, 2.05) is 18.8 Å². The first-order valence-electron chi connectivity index (χ1n) is 4.73. The lowest BCUT2D eigenvalue weighted by molar-refractivity contribution is 0.802. The number of rotatable bonds is 4. The molecule has 0 bridgehead atoms. The van der Waals surface area contributed by atoms with E-state index in [9.17, 15) is 0 Å². The Morgan fingerprint density at radius 2 is 2.14 bits per heavy atom. The molecule has 0 saturated carbocycles. The summed E-state index contributed by atoms with van der Waals surface area (Å²) in [6.45, 7) is 5.37. The highest BCUT2D eigenvalue weighted by atomic mass is 79.9. The Labute approximate surface area is 98.8 Å². The summed E-state index contributed by atoms with van der Waals surface area (Å²) in [7, 11) is 1.98. The SMILES string of the molecule is CNCc1ccc(Br)cc1SC(C)C. The van der Waals surface area contributed by atoms with E-state index >= 15 is 0 Å². The van der Waals surface area contributed by atoms with Crippen LogP contribution in [0.1, 0.15) is 19.4 Å². The molecule has 0 spiro atoms. The maximum absolute atomic E-state index is 3.50. The van der Waals surface area contributed by atoms with Crippen LogP contribution in [0, 0.1) is 0 Å². The summed E-state index contributed by atoms with van der Waals surface area (Å²) in [5.41, 5.74) is 1.37. The lowest BCUT2D eigenvalue weighted by Gasteiger charge is -2.11. The van der Waals surface area contributed by atoms with Crippen LogP contribution in [0.4, 0.5) is 0 Å². The molecule has 0 aliphatic rings. The molecular formula is C11H16BrNS. The van der Waals surface area contributed by atoms with Crippen molar-refractivity contribution < 1.29 is 0 Å². The van der Waals surface area contributed by atoms with Crippen LogP contribution in [0.25, 0.3) is 0 Å². The van der Waals surface area contributed by atoms with Gasteiger partial charge in [0.05, 0.1) is 0 Å². The maximum Gasteiger partial charge on any atom is 0.0213 e. The molecule has 0 aliphatic carbocycles. The first-order chi connectivity index (χ1) is 6.63. The van der Waals surface area contributed by atoms with Gasteiger partial charge in [-0.05, 0) is 24.7 Å². The second-order valence-electron chi connectivity index (χ2n) is 3.45. The van der Waals surface area contributed by atoms with E-state index in [0.717, 1.165) is 11.0 Å². The zero-order chi connectivity index (χ0) is 10.6. The van der Waals surface area contributed by atoms with E-state index in [1.165, 1.54) is 10.5 Å². The van der Waals surface area contributed by atoms with Crippen molar-refractivity contribution in [2.45, 2.75) is 30.5 Å². The average Bonchev–Trinajstić information content (AvgIpc) is 2.09. The van der Waals surface area contributed by atoms with Gasteiger partial charge in [0.15, 0.2) is 0 Å². The average molecular weight is 274 g/mol. The third-order valence-corrected chi connectivity index (χ3v) is 3.36. The molecule has 3 heteroatoms. The molecular weight excluding hydrogens is 258 g/mol. The predicted octanol–water partition coefficient (Wildman–Crippen LogP) is 3.67. The summed E-state index contributed by atoms with van der Waals surface area (Å²) in [6.07, 6.45) is 0. The van der Waals surface area contributed by atoms with E-state index in [2.05, 4.69) is 53.3 Å². The smallest absolute Gasteiger partial charge is 0.0213 e. The van der Waals surface area contributed by atoms with Crippen LogP contribution in [0.2, 0.25) is 0 Å². The minimum Gasteiger partial charge on any atom is -0.316 e. The van der Waals surface area contributed by atoms with Gasteiger partial charge in [0.2, 0.25) is 0 Å². The first kappa shape index (κ1) is 12.1. The molecule has 1 N–H and O–H groups in total. The molecule has 0 fully saturated rings. The van der Waals surface area contributed by atoms with Crippen LogP contribution < -0.4 is 5.32 Å². The zero-order valence-electron chi connectivity index (χ0n) is 8.80. The molecule has 0 radical (unpaired) electrons. The number of hydrogen-bond acceptors (Lipinski definition) is 2. The van der Waals surface area contributed by atoms with Crippen molar-refractivity contribution in [2.75, 3.05) is 7.05 Å².